The smallest absolute Gasteiger partial charge is 0.384 e. The Morgan fingerprint density at radius 2 is 1.65 bits per heavy atom. The summed E-state index contributed by atoms with van der Waals surface area (Å²) in [5.41, 5.74) is 5.91. The van der Waals surface area contributed by atoms with E-state index in [1.54, 1.807) is 29.6 Å². The molecule has 5 heterocycles. The van der Waals surface area contributed by atoms with Crippen molar-refractivity contribution in [3.8, 4) is 11.4 Å². The molecular formula is C31H38F3N7O2. The highest BCUT2D eigenvalue weighted by Gasteiger charge is 2.35. The molecule has 1 aliphatic carbocycles. The predicted octanol–water partition coefficient (Wildman–Crippen LogP) is 4.57. The molecule has 3 aliphatic rings. The third-order valence-electron chi connectivity index (χ3n) is 8.51. The van der Waals surface area contributed by atoms with Crippen LogP contribution in [0, 0.1) is 5.92 Å². The molecule has 1 saturated carbocycles. The van der Waals surface area contributed by atoms with E-state index in [2.05, 4.69) is 19.9 Å². The number of halogens is 3. The molecule has 0 spiro atoms. The minimum absolute atomic E-state index is 0.138. The summed E-state index contributed by atoms with van der Waals surface area (Å²) >= 11 is 0. The number of alkyl halides is 3. The predicted molar refractivity (Wildman–Crippen MR) is 156 cm³/mol. The van der Waals surface area contributed by atoms with Crippen LogP contribution in [0.15, 0.2) is 55.1 Å². The number of carbonyl (C=O) groups excluding carboxylic acids is 1. The molecule has 12 heteroatoms. The summed E-state index contributed by atoms with van der Waals surface area (Å²) < 4.78 is 38.5. The van der Waals surface area contributed by atoms with Crippen molar-refractivity contribution in [1.82, 2.24) is 24.8 Å². The largest absolute Gasteiger partial charge is 0.416 e. The number of nitrogens with zero attached hydrogens (tertiary/aromatic N) is 6. The Balaban J connectivity index is 0.000000173. The van der Waals surface area contributed by atoms with Crippen LogP contribution in [0.3, 0.4) is 0 Å². The van der Waals surface area contributed by atoms with Crippen molar-refractivity contribution in [2.75, 3.05) is 31.1 Å². The normalized spacial score (nSPS) is 24.3. The number of aliphatic hydroxyl groups is 1. The second-order valence-corrected chi connectivity index (χ2v) is 11.6. The maximum atomic E-state index is 12.8. The first-order chi connectivity index (χ1) is 20.6. The molecule has 0 aromatic carbocycles. The van der Waals surface area contributed by atoms with Gasteiger partial charge in [0.25, 0.3) is 0 Å². The number of anilines is 1. The lowest BCUT2D eigenvalue weighted by Gasteiger charge is -2.34. The number of pyridine rings is 2. The summed E-state index contributed by atoms with van der Waals surface area (Å²) in [6.45, 7) is 2.69. The van der Waals surface area contributed by atoms with Crippen molar-refractivity contribution < 1.29 is 23.1 Å². The molecule has 9 nitrogen and oxygen atoms in total. The van der Waals surface area contributed by atoms with Gasteiger partial charge in [0.1, 0.15) is 11.4 Å². The highest BCUT2D eigenvalue weighted by Crippen LogP contribution is 2.36. The lowest BCUT2D eigenvalue weighted by molar-refractivity contribution is -0.137. The third kappa shape index (κ3) is 7.66. The van der Waals surface area contributed by atoms with Gasteiger partial charge in [0, 0.05) is 62.6 Å². The molecule has 43 heavy (non-hydrogen) atoms. The molecule has 0 bridgehead atoms. The summed E-state index contributed by atoms with van der Waals surface area (Å²) in [6.07, 6.45) is 8.61. The first-order valence-electron chi connectivity index (χ1n) is 14.9. The van der Waals surface area contributed by atoms with Crippen molar-refractivity contribution >= 4 is 11.7 Å². The van der Waals surface area contributed by atoms with Gasteiger partial charge in [-0.2, -0.15) is 13.2 Å². The van der Waals surface area contributed by atoms with E-state index in [9.17, 15) is 23.1 Å². The van der Waals surface area contributed by atoms with Gasteiger partial charge in [0.15, 0.2) is 5.82 Å². The summed E-state index contributed by atoms with van der Waals surface area (Å²) in [4.78, 5) is 33.0. The van der Waals surface area contributed by atoms with Crippen LogP contribution in [-0.4, -0.2) is 68.1 Å². The van der Waals surface area contributed by atoms with Gasteiger partial charge >= 0.3 is 6.18 Å². The van der Waals surface area contributed by atoms with E-state index < -0.39 is 17.3 Å². The highest BCUT2D eigenvalue weighted by molar-refractivity contribution is 5.80. The topological polar surface area (TPSA) is 121 Å². The minimum atomic E-state index is -4.38. The van der Waals surface area contributed by atoms with Crippen molar-refractivity contribution in [1.29, 1.82) is 0 Å². The number of nitrogens with two attached hydrogens (primary N) is 1. The van der Waals surface area contributed by atoms with E-state index in [1.165, 1.54) is 6.20 Å². The molecule has 1 amide bonds. The molecule has 3 aromatic rings. The van der Waals surface area contributed by atoms with Gasteiger partial charge in [-0.3, -0.25) is 9.78 Å². The molecule has 2 saturated heterocycles. The lowest BCUT2D eigenvalue weighted by Crippen LogP contribution is -2.44. The van der Waals surface area contributed by atoms with Gasteiger partial charge in [-0.25, -0.2) is 15.0 Å². The van der Waals surface area contributed by atoms with Crippen LogP contribution < -0.4 is 10.6 Å². The molecule has 230 valence electrons. The molecule has 3 aromatic heterocycles. The van der Waals surface area contributed by atoms with Gasteiger partial charge in [0.2, 0.25) is 5.91 Å². The fourth-order valence-electron chi connectivity index (χ4n) is 5.97. The Bertz CT molecular complexity index is 1340. The fourth-order valence-corrected chi connectivity index (χ4v) is 5.97. The van der Waals surface area contributed by atoms with Crippen LogP contribution in [0.5, 0.6) is 0 Å². The van der Waals surface area contributed by atoms with Gasteiger partial charge in [0.05, 0.1) is 17.2 Å². The third-order valence-corrected chi connectivity index (χ3v) is 8.51. The Hall–Kier alpha value is -3.64. The average Bonchev–Trinajstić information content (AvgIpc) is 3.58. The summed E-state index contributed by atoms with van der Waals surface area (Å²) in [5, 5.41) is 10.7. The number of aromatic nitrogens is 4. The molecule has 1 atom stereocenters. The lowest BCUT2D eigenvalue weighted by atomic mass is 9.80. The van der Waals surface area contributed by atoms with Crippen molar-refractivity contribution in [2.24, 2.45) is 11.7 Å². The number of rotatable bonds is 4. The van der Waals surface area contributed by atoms with Crippen LogP contribution >= 0.6 is 0 Å². The van der Waals surface area contributed by atoms with Crippen LogP contribution in [0.4, 0.5) is 19.0 Å². The second kappa shape index (κ2) is 13.3. The number of likely N-dealkylation sites (tertiary alicyclic amines) is 1. The van der Waals surface area contributed by atoms with E-state index in [-0.39, 0.29) is 17.9 Å². The minimum Gasteiger partial charge on any atom is -0.384 e. The Kier molecular flexibility index (Phi) is 9.55. The zero-order valence-electron chi connectivity index (χ0n) is 24.1. The van der Waals surface area contributed by atoms with E-state index in [0.29, 0.717) is 43.3 Å². The molecule has 6 rings (SSSR count). The van der Waals surface area contributed by atoms with Gasteiger partial charge in [-0.05, 0) is 81.7 Å². The molecule has 3 fully saturated rings. The van der Waals surface area contributed by atoms with Gasteiger partial charge in [-0.15, -0.1) is 0 Å². The van der Waals surface area contributed by atoms with Crippen molar-refractivity contribution in [3.63, 3.8) is 0 Å². The SMILES string of the molecule is NC1CCC(O)(c2ccc(-c3ncccn3)cn2)CC1.O=C([C@@H]1CCCN(c2cc(C(F)(F)F)ccn2)C1)N1CCCC1. The van der Waals surface area contributed by atoms with E-state index >= 15 is 0 Å². The maximum Gasteiger partial charge on any atom is 0.416 e. The zero-order valence-corrected chi connectivity index (χ0v) is 24.1. The van der Waals surface area contributed by atoms with E-state index in [4.69, 9.17) is 5.73 Å². The number of carbonyl (C=O) groups is 1. The number of amides is 1. The first-order valence-corrected chi connectivity index (χ1v) is 14.9. The quantitative estimate of drug-likeness (QED) is 0.449. The van der Waals surface area contributed by atoms with Crippen LogP contribution in [0.1, 0.15) is 62.6 Å². The maximum absolute atomic E-state index is 12.8. The average molecular weight is 598 g/mol. The Morgan fingerprint density at radius 1 is 0.930 bits per heavy atom. The second-order valence-electron chi connectivity index (χ2n) is 11.6. The molecule has 0 unspecified atom stereocenters. The molecule has 3 N–H and O–H groups in total. The fraction of sp³-hybridized carbons (Fsp3) is 0.516. The number of hydrogen-bond acceptors (Lipinski definition) is 8. The summed E-state index contributed by atoms with van der Waals surface area (Å²) in [7, 11) is 0. The summed E-state index contributed by atoms with van der Waals surface area (Å²) in [6, 6.07) is 7.79. The Morgan fingerprint density at radius 3 is 2.30 bits per heavy atom. The van der Waals surface area contributed by atoms with E-state index in [0.717, 1.165) is 69.3 Å². The van der Waals surface area contributed by atoms with Crippen molar-refractivity contribution in [3.05, 3.63) is 66.4 Å². The van der Waals surface area contributed by atoms with Crippen LogP contribution in [0.25, 0.3) is 11.4 Å². The van der Waals surface area contributed by atoms with Crippen molar-refractivity contribution in [2.45, 2.75) is 69.2 Å². The monoisotopic (exact) mass is 597 g/mol. The van der Waals surface area contributed by atoms with E-state index in [1.807, 2.05) is 17.0 Å². The number of hydrogen-bond donors (Lipinski definition) is 2. The Labute approximate surface area is 249 Å². The highest BCUT2D eigenvalue weighted by atomic mass is 19.4. The summed E-state index contributed by atoms with van der Waals surface area (Å²) in [5.74, 6) is 0.945. The zero-order chi connectivity index (χ0) is 30.5. The molecule has 0 radical (unpaired) electrons. The number of piperidine rings is 1. The molecule has 2 aliphatic heterocycles. The van der Waals surface area contributed by atoms with Gasteiger partial charge < -0.3 is 20.6 Å². The first kappa shape index (κ1) is 30.8. The molecular weight excluding hydrogens is 559 g/mol. The van der Waals surface area contributed by atoms with Crippen LogP contribution in [0.2, 0.25) is 0 Å². The standard InChI is InChI=1S/C16H20F3N3O.C15H18N4O/c17-16(18,19)13-5-6-20-14(10-13)22-9-3-4-12(11-22)15(23)21-7-1-2-8-21;16-12-4-6-15(20,7-5-12)13-3-2-11(10-19-13)14-17-8-1-9-18-14/h5-6,10,12H,1-4,7-9,11H2;1-3,8-10,12,20H,4-7,16H2/t12-;/m1./s1. The van der Waals surface area contributed by atoms with Crippen LogP contribution in [-0.2, 0) is 16.6 Å². The van der Waals surface area contributed by atoms with Gasteiger partial charge in [-0.1, -0.05) is 0 Å².